The summed E-state index contributed by atoms with van der Waals surface area (Å²) < 4.78 is 7.32. The van der Waals surface area contributed by atoms with Crippen LogP contribution in [0.1, 0.15) is 22.4 Å². The van der Waals surface area contributed by atoms with Crippen LogP contribution in [0.15, 0.2) is 45.3 Å². The van der Waals surface area contributed by atoms with Gasteiger partial charge in [0, 0.05) is 61.3 Å². The van der Waals surface area contributed by atoms with Crippen LogP contribution in [0.25, 0.3) is 15.9 Å². The normalized spacial score (nSPS) is 15.2. The predicted molar refractivity (Wildman–Crippen MR) is 121 cm³/mol. The van der Waals surface area contributed by atoms with Gasteiger partial charge >= 0.3 is 0 Å². The van der Waals surface area contributed by atoms with Gasteiger partial charge in [0.2, 0.25) is 5.91 Å². The van der Waals surface area contributed by atoms with E-state index in [-0.39, 0.29) is 11.5 Å². The lowest BCUT2D eigenvalue weighted by atomic mass is 10.0. The van der Waals surface area contributed by atoms with Gasteiger partial charge in [-0.05, 0) is 25.0 Å². The van der Waals surface area contributed by atoms with Crippen molar-refractivity contribution in [3.05, 3.63) is 68.8 Å². The lowest BCUT2D eigenvalue weighted by Crippen LogP contribution is -2.48. The summed E-state index contributed by atoms with van der Waals surface area (Å²) in [5.41, 5.74) is 4.86. The molecule has 8 heteroatoms. The van der Waals surface area contributed by atoms with Crippen LogP contribution in [0.4, 0.5) is 0 Å². The highest BCUT2D eigenvalue weighted by Crippen LogP contribution is 2.27. The largest absolute Gasteiger partial charge is 0.464 e. The second kappa shape index (κ2) is 7.94. The molecular formula is C23H24N4O3S. The minimum Gasteiger partial charge on any atom is -0.464 e. The average Bonchev–Trinajstić information content (AvgIpc) is 3.39. The fourth-order valence-corrected chi connectivity index (χ4v) is 4.89. The number of amides is 1. The molecule has 0 N–H and O–H groups in total. The van der Waals surface area contributed by atoms with E-state index in [1.807, 2.05) is 23.3 Å². The number of rotatable bonds is 4. The van der Waals surface area contributed by atoms with Gasteiger partial charge in [-0.3, -0.25) is 18.9 Å². The van der Waals surface area contributed by atoms with Crippen molar-refractivity contribution in [2.75, 3.05) is 26.2 Å². The highest BCUT2D eigenvalue weighted by molar-refractivity contribution is 7.15. The van der Waals surface area contributed by atoms with Crippen molar-refractivity contribution in [3.63, 3.8) is 0 Å². The van der Waals surface area contributed by atoms with Gasteiger partial charge < -0.3 is 9.32 Å². The molecule has 0 aliphatic carbocycles. The molecule has 5 rings (SSSR count). The fourth-order valence-electron chi connectivity index (χ4n) is 4.15. The van der Waals surface area contributed by atoms with Gasteiger partial charge in [0.25, 0.3) is 5.56 Å². The van der Waals surface area contributed by atoms with E-state index in [9.17, 15) is 9.59 Å². The first-order valence-electron chi connectivity index (χ1n) is 10.4. The third-order valence-electron chi connectivity index (χ3n) is 6.15. The molecule has 1 aliphatic heterocycles. The van der Waals surface area contributed by atoms with E-state index in [4.69, 9.17) is 4.42 Å². The van der Waals surface area contributed by atoms with Crippen molar-refractivity contribution in [2.45, 2.75) is 26.8 Å². The molecule has 1 aromatic carbocycles. The Hall–Kier alpha value is -2.97. The number of fused-ring (bicyclic) bond motifs is 2. The minimum absolute atomic E-state index is 0.0483. The lowest BCUT2D eigenvalue weighted by Gasteiger charge is -2.34. The highest BCUT2D eigenvalue weighted by Gasteiger charge is 2.23. The molecule has 31 heavy (non-hydrogen) atoms. The Labute approximate surface area is 183 Å². The summed E-state index contributed by atoms with van der Waals surface area (Å²) >= 11 is 1.46. The monoisotopic (exact) mass is 436 g/mol. The number of hydrogen-bond acceptors (Lipinski definition) is 6. The summed E-state index contributed by atoms with van der Waals surface area (Å²) in [6.45, 7) is 7.61. The molecule has 1 fully saturated rings. The van der Waals surface area contributed by atoms with Crippen molar-refractivity contribution in [3.8, 4) is 0 Å². The number of piperazine rings is 1. The van der Waals surface area contributed by atoms with Crippen molar-refractivity contribution in [2.24, 2.45) is 0 Å². The number of aromatic nitrogens is 2. The van der Waals surface area contributed by atoms with Gasteiger partial charge in [0.1, 0.15) is 5.58 Å². The molecular weight excluding hydrogens is 412 g/mol. The Balaban J connectivity index is 1.21. The van der Waals surface area contributed by atoms with Gasteiger partial charge in [0.05, 0.1) is 18.4 Å². The quantitative estimate of drug-likeness (QED) is 0.492. The molecule has 4 heterocycles. The summed E-state index contributed by atoms with van der Waals surface area (Å²) in [5, 5.41) is 2.89. The summed E-state index contributed by atoms with van der Waals surface area (Å²) in [7, 11) is 0. The zero-order valence-corrected chi connectivity index (χ0v) is 18.4. The first kappa shape index (κ1) is 20.0. The molecule has 4 aromatic rings. The molecule has 0 bridgehead atoms. The van der Waals surface area contributed by atoms with E-state index >= 15 is 0 Å². The third kappa shape index (κ3) is 3.77. The SMILES string of the molecule is Cc1ccc2c(CC(=O)N3CCN(Cc4cc(=O)n5ccsc5n4)CC3)coc2c1C. The molecule has 0 radical (unpaired) electrons. The molecule has 0 unspecified atom stereocenters. The molecule has 1 saturated heterocycles. The summed E-state index contributed by atoms with van der Waals surface area (Å²) in [6.07, 6.45) is 3.81. The Morgan fingerprint density at radius 2 is 2.00 bits per heavy atom. The van der Waals surface area contributed by atoms with Crippen LogP contribution >= 0.6 is 11.3 Å². The van der Waals surface area contributed by atoms with E-state index in [0.717, 1.165) is 40.9 Å². The average molecular weight is 437 g/mol. The fraction of sp³-hybridized carbons (Fsp3) is 0.348. The third-order valence-corrected chi connectivity index (χ3v) is 6.91. The molecule has 1 amide bonds. The molecule has 0 saturated carbocycles. The molecule has 7 nitrogen and oxygen atoms in total. The first-order chi connectivity index (χ1) is 15.0. The number of nitrogens with zero attached hydrogens (tertiary/aromatic N) is 4. The summed E-state index contributed by atoms with van der Waals surface area (Å²) in [6, 6.07) is 5.72. The Kier molecular flexibility index (Phi) is 5.11. The Bertz CT molecular complexity index is 1330. The number of aryl methyl sites for hydroxylation is 2. The van der Waals surface area contributed by atoms with Gasteiger partial charge in [-0.1, -0.05) is 12.1 Å². The Morgan fingerprint density at radius 3 is 2.81 bits per heavy atom. The maximum absolute atomic E-state index is 12.9. The van der Waals surface area contributed by atoms with E-state index in [1.54, 1.807) is 22.9 Å². The topological polar surface area (TPSA) is 71.1 Å². The van der Waals surface area contributed by atoms with Crippen molar-refractivity contribution < 1.29 is 9.21 Å². The van der Waals surface area contributed by atoms with Gasteiger partial charge in [-0.2, -0.15) is 0 Å². The van der Waals surface area contributed by atoms with E-state index in [1.165, 1.54) is 16.9 Å². The van der Waals surface area contributed by atoms with Crippen molar-refractivity contribution in [1.29, 1.82) is 0 Å². The van der Waals surface area contributed by atoms with Crippen LogP contribution in [0.3, 0.4) is 0 Å². The van der Waals surface area contributed by atoms with Crippen LogP contribution in [0.5, 0.6) is 0 Å². The zero-order chi connectivity index (χ0) is 21.5. The van der Waals surface area contributed by atoms with Gasteiger partial charge in [-0.15, -0.1) is 11.3 Å². The van der Waals surface area contributed by atoms with Crippen LogP contribution in [-0.2, 0) is 17.8 Å². The number of furan rings is 1. The number of carbonyl (C=O) groups excluding carboxylic acids is 1. The minimum atomic E-state index is -0.0483. The van der Waals surface area contributed by atoms with E-state index in [0.29, 0.717) is 31.0 Å². The maximum Gasteiger partial charge on any atom is 0.258 e. The first-order valence-corrected chi connectivity index (χ1v) is 11.3. The van der Waals surface area contributed by atoms with Crippen LogP contribution in [0.2, 0.25) is 0 Å². The summed E-state index contributed by atoms with van der Waals surface area (Å²) in [4.78, 5) is 34.5. The lowest BCUT2D eigenvalue weighted by molar-refractivity contribution is -0.132. The highest BCUT2D eigenvalue weighted by atomic mass is 32.1. The van der Waals surface area contributed by atoms with Crippen molar-refractivity contribution >= 4 is 33.2 Å². The second-order valence-electron chi connectivity index (χ2n) is 8.12. The number of benzene rings is 1. The maximum atomic E-state index is 12.9. The molecule has 160 valence electrons. The number of thiazole rings is 1. The molecule has 0 atom stereocenters. The number of hydrogen-bond donors (Lipinski definition) is 0. The zero-order valence-electron chi connectivity index (χ0n) is 17.6. The van der Waals surface area contributed by atoms with Crippen molar-refractivity contribution in [1.82, 2.24) is 19.2 Å². The molecule has 3 aromatic heterocycles. The molecule has 1 aliphatic rings. The smallest absolute Gasteiger partial charge is 0.258 e. The predicted octanol–water partition coefficient (Wildman–Crippen LogP) is 3.01. The second-order valence-corrected chi connectivity index (χ2v) is 8.99. The standard InChI is InChI=1S/C23H24N4O3S/c1-15-3-4-19-17(14-30-22(19)16(15)2)11-20(28)26-7-5-25(6-8-26)13-18-12-21(29)27-9-10-31-23(27)24-18/h3-4,9-10,12,14H,5-8,11,13H2,1-2H3. The van der Waals surface area contributed by atoms with Crippen LogP contribution in [-0.4, -0.2) is 51.3 Å². The van der Waals surface area contributed by atoms with E-state index in [2.05, 4.69) is 22.9 Å². The van der Waals surface area contributed by atoms with E-state index < -0.39 is 0 Å². The summed E-state index contributed by atoms with van der Waals surface area (Å²) in [5.74, 6) is 0.122. The Morgan fingerprint density at radius 1 is 1.19 bits per heavy atom. The van der Waals surface area contributed by atoms with Gasteiger partial charge in [-0.25, -0.2) is 4.98 Å². The van der Waals surface area contributed by atoms with Crippen LogP contribution < -0.4 is 5.56 Å². The number of carbonyl (C=O) groups is 1. The van der Waals surface area contributed by atoms with Gasteiger partial charge in [0.15, 0.2) is 4.96 Å². The van der Waals surface area contributed by atoms with Crippen LogP contribution in [0, 0.1) is 13.8 Å². The molecule has 0 spiro atoms.